The van der Waals surface area contributed by atoms with Crippen LogP contribution in [0.15, 0.2) is 54.6 Å². The average Bonchev–Trinajstić information content (AvgIpc) is 3.40. The van der Waals surface area contributed by atoms with E-state index in [9.17, 15) is 4.79 Å². The van der Waals surface area contributed by atoms with Crippen molar-refractivity contribution in [3.63, 3.8) is 0 Å². The van der Waals surface area contributed by atoms with E-state index in [1.54, 1.807) is 4.90 Å². The Kier molecular flexibility index (Phi) is 4.82. The lowest BCUT2D eigenvalue weighted by molar-refractivity contribution is 0.0777. The van der Waals surface area contributed by atoms with Crippen molar-refractivity contribution in [1.82, 2.24) is 25.5 Å². The van der Waals surface area contributed by atoms with Gasteiger partial charge in [0.1, 0.15) is 0 Å². The minimum Gasteiger partial charge on any atom is -0.371 e. The standard InChI is InChI=1S/C20H22N6O/c1-25(13-15-11-12-26(14-15)16-7-3-2-4-8-16)20(27)18-10-6-5-9-17(18)19-21-23-24-22-19/h2-10,15H,11-14H2,1H3,(H,21,22,23,24)/t15-/m1/s1. The van der Waals surface area contributed by atoms with Crippen molar-refractivity contribution in [2.24, 2.45) is 5.92 Å². The molecule has 7 heteroatoms. The van der Waals surface area contributed by atoms with Crippen LogP contribution in [0.2, 0.25) is 0 Å². The van der Waals surface area contributed by atoms with E-state index in [1.165, 1.54) is 5.69 Å². The zero-order valence-corrected chi connectivity index (χ0v) is 15.2. The first kappa shape index (κ1) is 17.2. The fraction of sp³-hybridized carbons (Fsp3) is 0.300. The van der Waals surface area contributed by atoms with Gasteiger partial charge in [-0.25, -0.2) is 0 Å². The van der Waals surface area contributed by atoms with Crippen LogP contribution in [0.1, 0.15) is 16.8 Å². The number of rotatable bonds is 5. The molecule has 2 aromatic carbocycles. The smallest absolute Gasteiger partial charge is 0.254 e. The van der Waals surface area contributed by atoms with Crippen LogP contribution in [0, 0.1) is 5.92 Å². The lowest BCUT2D eigenvalue weighted by Gasteiger charge is -2.23. The Morgan fingerprint density at radius 1 is 1.19 bits per heavy atom. The van der Waals surface area contributed by atoms with E-state index in [2.05, 4.69) is 49.8 Å². The van der Waals surface area contributed by atoms with Crippen molar-refractivity contribution in [2.45, 2.75) is 6.42 Å². The molecule has 0 radical (unpaired) electrons. The zero-order chi connectivity index (χ0) is 18.6. The van der Waals surface area contributed by atoms with Crippen molar-refractivity contribution in [1.29, 1.82) is 0 Å². The zero-order valence-electron chi connectivity index (χ0n) is 15.2. The van der Waals surface area contributed by atoms with Crippen LogP contribution < -0.4 is 4.90 Å². The number of tetrazole rings is 1. The molecule has 1 atom stereocenters. The van der Waals surface area contributed by atoms with Gasteiger partial charge in [0.2, 0.25) is 5.82 Å². The molecule has 1 saturated heterocycles. The summed E-state index contributed by atoms with van der Waals surface area (Å²) in [6.07, 6.45) is 1.08. The van der Waals surface area contributed by atoms with Gasteiger partial charge in [-0.15, -0.1) is 10.2 Å². The van der Waals surface area contributed by atoms with Gasteiger partial charge in [-0.3, -0.25) is 4.79 Å². The number of H-pyrrole nitrogens is 1. The van der Waals surface area contributed by atoms with Gasteiger partial charge in [0.25, 0.3) is 5.91 Å². The average molecular weight is 362 g/mol. The number of hydrogen-bond donors (Lipinski definition) is 1. The number of aromatic amines is 1. The van der Waals surface area contributed by atoms with Gasteiger partial charge in [-0.1, -0.05) is 36.4 Å². The normalized spacial score (nSPS) is 16.5. The summed E-state index contributed by atoms with van der Waals surface area (Å²) in [6.45, 7) is 2.72. The highest BCUT2D eigenvalue weighted by Gasteiger charge is 2.26. The molecule has 0 aliphatic carbocycles. The summed E-state index contributed by atoms with van der Waals surface area (Å²) in [5, 5.41) is 14.1. The molecule has 1 aromatic heterocycles. The lowest BCUT2D eigenvalue weighted by atomic mass is 10.0. The third-order valence-electron chi connectivity index (χ3n) is 5.03. The van der Waals surface area contributed by atoms with Crippen LogP contribution in [0.4, 0.5) is 5.69 Å². The van der Waals surface area contributed by atoms with Gasteiger partial charge in [0.05, 0.1) is 5.56 Å². The van der Waals surface area contributed by atoms with Crippen molar-refractivity contribution in [3.05, 3.63) is 60.2 Å². The molecule has 1 fully saturated rings. The summed E-state index contributed by atoms with van der Waals surface area (Å²) < 4.78 is 0. The maximum Gasteiger partial charge on any atom is 0.254 e. The van der Waals surface area contributed by atoms with E-state index in [-0.39, 0.29) is 5.91 Å². The summed E-state index contributed by atoms with van der Waals surface area (Å²) in [5.74, 6) is 0.869. The molecule has 1 amide bonds. The number of nitrogens with one attached hydrogen (secondary N) is 1. The summed E-state index contributed by atoms with van der Waals surface area (Å²) in [5.41, 5.74) is 2.54. The van der Waals surface area contributed by atoms with Crippen LogP contribution in [-0.2, 0) is 0 Å². The Morgan fingerprint density at radius 2 is 1.96 bits per heavy atom. The highest BCUT2D eigenvalue weighted by molar-refractivity contribution is 5.99. The molecule has 7 nitrogen and oxygen atoms in total. The quantitative estimate of drug-likeness (QED) is 0.754. The highest BCUT2D eigenvalue weighted by Crippen LogP contribution is 2.25. The largest absolute Gasteiger partial charge is 0.371 e. The second kappa shape index (κ2) is 7.57. The van der Waals surface area contributed by atoms with E-state index in [1.807, 2.05) is 37.4 Å². The van der Waals surface area contributed by atoms with E-state index in [0.29, 0.717) is 22.9 Å². The number of nitrogens with zero attached hydrogens (tertiary/aromatic N) is 5. The highest BCUT2D eigenvalue weighted by atomic mass is 16.2. The third kappa shape index (κ3) is 3.67. The van der Waals surface area contributed by atoms with E-state index >= 15 is 0 Å². The maximum atomic E-state index is 13.0. The minimum absolute atomic E-state index is 0.0199. The van der Waals surface area contributed by atoms with Gasteiger partial charge in [-0.05, 0) is 35.8 Å². The van der Waals surface area contributed by atoms with Crippen LogP contribution in [-0.4, -0.2) is 58.1 Å². The number of aromatic nitrogens is 4. The molecule has 0 spiro atoms. The molecular formula is C20H22N6O. The van der Waals surface area contributed by atoms with Gasteiger partial charge < -0.3 is 9.80 Å². The van der Waals surface area contributed by atoms with Crippen molar-refractivity contribution in [3.8, 4) is 11.4 Å². The fourth-order valence-electron chi connectivity index (χ4n) is 3.67. The SMILES string of the molecule is CN(C[C@H]1CCN(c2ccccc2)C1)C(=O)c1ccccc1-c1nn[nH]n1. The number of benzene rings is 2. The Morgan fingerprint density at radius 3 is 2.74 bits per heavy atom. The second-order valence-electron chi connectivity index (χ2n) is 6.90. The topological polar surface area (TPSA) is 78.0 Å². The number of amides is 1. The molecule has 138 valence electrons. The molecule has 0 unspecified atom stereocenters. The molecule has 27 heavy (non-hydrogen) atoms. The van der Waals surface area contributed by atoms with Crippen LogP contribution in [0.25, 0.3) is 11.4 Å². The number of carbonyl (C=O) groups is 1. The second-order valence-corrected chi connectivity index (χ2v) is 6.90. The lowest BCUT2D eigenvalue weighted by Crippen LogP contribution is -2.33. The molecule has 4 rings (SSSR count). The van der Waals surface area contributed by atoms with E-state index in [0.717, 1.165) is 26.1 Å². The van der Waals surface area contributed by atoms with Gasteiger partial charge >= 0.3 is 0 Å². The van der Waals surface area contributed by atoms with E-state index in [4.69, 9.17) is 0 Å². The summed E-state index contributed by atoms with van der Waals surface area (Å²) in [4.78, 5) is 17.2. The van der Waals surface area contributed by atoms with Crippen molar-refractivity contribution in [2.75, 3.05) is 31.6 Å². The van der Waals surface area contributed by atoms with Crippen molar-refractivity contribution >= 4 is 11.6 Å². The molecule has 2 heterocycles. The molecule has 0 saturated carbocycles. The first-order valence-electron chi connectivity index (χ1n) is 9.10. The predicted molar refractivity (Wildman–Crippen MR) is 103 cm³/mol. The third-order valence-corrected chi connectivity index (χ3v) is 5.03. The van der Waals surface area contributed by atoms with E-state index < -0.39 is 0 Å². The Labute approximate surface area is 158 Å². The van der Waals surface area contributed by atoms with Crippen LogP contribution in [0.5, 0.6) is 0 Å². The maximum absolute atomic E-state index is 13.0. The van der Waals surface area contributed by atoms with Gasteiger partial charge in [0, 0.05) is 37.9 Å². The van der Waals surface area contributed by atoms with Gasteiger partial charge in [-0.2, -0.15) is 5.21 Å². The first-order chi connectivity index (χ1) is 13.2. The van der Waals surface area contributed by atoms with Gasteiger partial charge in [0.15, 0.2) is 0 Å². The molecule has 3 aromatic rings. The molecule has 0 bridgehead atoms. The summed E-state index contributed by atoms with van der Waals surface area (Å²) in [6, 6.07) is 17.8. The fourth-order valence-corrected chi connectivity index (χ4v) is 3.67. The monoisotopic (exact) mass is 362 g/mol. The predicted octanol–water partition coefficient (Wildman–Crippen LogP) is 2.47. The first-order valence-corrected chi connectivity index (χ1v) is 9.10. The molecule has 1 N–H and O–H groups in total. The molecule has 1 aliphatic heterocycles. The number of anilines is 1. The Hall–Kier alpha value is -3.22. The van der Waals surface area contributed by atoms with Crippen molar-refractivity contribution < 1.29 is 4.79 Å². The van der Waals surface area contributed by atoms with Crippen LogP contribution in [0.3, 0.4) is 0 Å². The number of hydrogen-bond acceptors (Lipinski definition) is 5. The van der Waals surface area contributed by atoms with Crippen LogP contribution >= 0.6 is 0 Å². The Bertz CT molecular complexity index is 896. The summed E-state index contributed by atoms with van der Waals surface area (Å²) in [7, 11) is 1.86. The summed E-state index contributed by atoms with van der Waals surface area (Å²) >= 11 is 0. The number of carbonyl (C=O) groups excluding carboxylic acids is 1. The number of para-hydroxylation sites is 1. The molecule has 1 aliphatic rings. The molecular weight excluding hydrogens is 340 g/mol. The minimum atomic E-state index is -0.0199. The Balaban J connectivity index is 1.44.